The van der Waals surface area contributed by atoms with Crippen molar-refractivity contribution in [3.8, 4) is 0 Å². The Morgan fingerprint density at radius 2 is 1.97 bits per heavy atom. The van der Waals surface area contributed by atoms with Crippen LogP contribution in [0.5, 0.6) is 0 Å². The summed E-state index contributed by atoms with van der Waals surface area (Å²) in [6, 6.07) is 17.0. The molecule has 5 rings (SSSR count). The number of carbonyl (C=O) groups excluding carboxylic acids is 2. The van der Waals surface area contributed by atoms with Crippen molar-refractivity contribution in [1.29, 1.82) is 0 Å². The van der Waals surface area contributed by atoms with Gasteiger partial charge in [-0.2, -0.15) is 0 Å². The number of rotatable bonds is 6. The predicted molar refractivity (Wildman–Crippen MR) is 128 cm³/mol. The van der Waals surface area contributed by atoms with Crippen molar-refractivity contribution < 1.29 is 14.3 Å². The van der Waals surface area contributed by atoms with Crippen LogP contribution in [0.25, 0.3) is 10.2 Å². The van der Waals surface area contributed by atoms with E-state index in [1.807, 2.05) is 48.5 Å². The van der Waals surface area contributed by atoms with Gasteiger partial charge in [-0.15, -0.1) is 11.3 Å². The number of urea groups is 1. The number of nitrogens with one attached hydrogen (secondary N) is 2. The van der Waals surface area contributed by atoms with Crippen molar-refractivity contribution in [1.82, 2.24) is 20.5 Å². The Kier molecular flexibility index (Phi) is 6.11. The van der Waals surface area contributed by atoms with E-state index in [2.05, 4.69) is 21.6 Å². The number of para-hydroxylation sites is 1. The summed E-state index contributed by atoms with van der Waals surface area (Å²) < 4.78 is 6.57. The smallest absolute Gasteiger partial charge is 0.338 e. The molecular weight excluding hydrogens is 436 g/mol. The zero-order valence-electron chi connectivity index (χ0n) is 18.4. The number of carbonyl (C=O) groups is 2. The van der Waals surface area contributed by atoms with Gasteiger partial charge in [0.1, 0.15) is 5.01 Å². The van der Waals surface area contributed by atoms with Crippen molar-refractivity contribution in [2.75, 3.05) is 19.7 Å². The molecule has 0 bridgehead atoms. The third-order valence-corrected chi connectivity index (χ3v) is 7.24. The zero-order valence-corrected chi connectivity index (χ0v) is 19.2. The molecule has 0 aliphatic carbocycles. The molecule has 3 heterocycles. The van der Waals surface area contributed by atoms with Crippen LogP contribution in [0.1, 0.15) is 42.4 Å². The summed E-state index contributed by atoms with van der Waals surface area (Å²) in [5.41, 5.74) is 2.91. The third-order valence-electron chi connectivity index (χ3n) is 6.10. The summed E-state index contributed by atoms with van der Waals surface area (Å²) in [6.45, 7) is 3.38. The summed E-state index contributed by atoms with van der Waals surface area (Å²) >= 11 is 1.71. The van der Waals surface area contributed by atoms with Gasteiger partial charge in [0.2, 0.25) is 0 Å². The van der Waals surface area contributed by atoms with Gasteiger partial charge in [-0.3, -0.25) is 4.90 Å². The van der Waals surface area contributed by atoms with E-state index >= 15 is 0 Å². The van der Waals surface area contributed by atoms with E-state index in [4.69, 9.17) is 9.72 Å². The monoisotopic (exact) mass is 462 g/mol. The second-order valence-electron chi connectivity index (χ2n) is 8.20. The first-order chi connectivity index (χ1) is 16.1. The Hall–Kier alpha value is -3.23. The van der Waals surface area contributed by atoms with Crippen LogP contribution in [0.4, 0.5) is 4.79 Å². The Balaban J connectivity index is 1.50. The van der Waals surface area contributed by atoms with Crippen LogP contribution in [-0.4, -0.2) is 41.6 Å². The largest absolute Gasteiger partial charge is 0.463 e. The summed E-state index contributed by atoms with van der Waals surface area (Å²) in [4.78, 5) is 32.8. The van der Waals surface area contributed by atoms with Gasteiger partial charge < -0.3 is 15.4 Å². The number of likely N-dealkylation sites (tertiary alicyclic amines) is 1. The quantitative estimate of drug-likeness (QED) is 0.534. The molecule has 2 N–H and O–H groups in total. The number of nitrogens with zero attached hydrogens (tertiary/aromatic N) is 2. The average Bonchev–Trinajstić information content (AvgIpc) is 3.46. The van der Waals surface area contributed by atoms with E-state index in [1.165, 1.54) is 4.70 Å². The molecule has 3 aromatic rings. The van der Waals surface area contributed by atoms with Crippen molar-refractivity contribution >= 4 is 33.6 Å². The molecule has 1 aromatic heterocycles. The van der Waals surface area contributed by atoms with Gasteiger partial charge in [0.05, 0.1) is 34.5 Å². The highest BCUT2D eigenvalue weighted by molar-refractivity contribution is 7.18. The maximum Gasteiger partial charge on any atom is 0.338 e. The molecule has 7 nitrogen and oxygen atoms in total. The first-order valence-electron chi connectivity index (χ1n) is 11.3. The fourth-order valence-corrected chi connectivity index (χ4v) is 5.76. The Morgan fingerprint density at radius 1 is 1.18 bits per heavy atom. The number of ether oxygens (including phenoxy) is 1. The summed E-state index contributed by atoms with van der Waals surface area (Å²) in [5.74, 6) is -0.412. The molecule has 2 aliphatic rings. The molecule has 0 spiro atoms. The molecule has 0 radical (unpaired) electrons. The minimum absolute atomic E-state index is 0.153. The number of benzene rings is 2. The van der Waals surface area contributed by atoms with Gasteiger partial charge >= 0.3 is 12.0 Å². The van der Waals surface area contributed by atoms with E-state index in [-0.39, 0.29) is 18.7 Å². The summed E-state index contributed by atoms with van der Waals surface area (Å²) in [5, 5.41) is 6.88. The number of thiazole rings is 1. The molecule has 2 aromatic carbocycles. The lowest BCUT2D eigenvalue weighted by Gasteiger charge is -2.32. The second-order valence-corrected chi connectivity index (χ2v) is 9.27. The standard InChI is InChI=1S/C25H26N4O3S/c1-2-32-24(30)21-18(27-25(31)28-22(21)16-9-4-3-5-10-16)15-29-14-8-12-19(29)23-26-17-11-6-7-13-20(17)33-23/h3-7,9-11,13,19,22H,2,8,12,14-15H2,1H3,(H2,27,28,31). The molecule has 8 heteroatoms. The molecule has 2 unspecified atom stereocenters. The number of hydrogen-bond donors (Lipinski definition) is 2. The van der Waals surface area contributed by atoms with E-state index in [0.29, 0.717) is 17.8 Å². The van der Waals surface area contributed by atoms with Crippen LogP contribution in [0.3, 0.4) is 0 Å². The van der Waals surface area contributed by atoms with Gasteiger partial charge in [0.25, 0.3) is 0 Å². The fourth-order valence-electron chi connectivity index (χ4n) is 4.62. The molecular formula is C25H26N4O3S. The molecule has 2 atom stereocenters. The molecule has 0 saturated carbocycles. The van der Waals surface area contributed by atoms with Crippen LogP contribution >= 0.6 is 11.3 Å². The SMILES string of the molecule is CCOC(=O)C1=C(CN2CCCC2c2nc3ccccc3s2)NC(=O)NC1c1ccccc1. The van der Waals surface area contributed by atoms with Gasteiger partial charge in [-0.25, -0.2) is 14.6 Å². The minimum atomic E-state index is -0.558. The van der Waals surface area contributed by atoms with Crippen LogP contribution in [-0.2, 0) is 9.53 Å². The lowest BCUT2D eigenvalue weighted by Crippen LogP contribution is -2.48. The van der Waals surface area contributed by atoms with E-state index in [0.717, 1.165) is 35.5 Å². The van der Waals surface area contributed by atoms with Crippen molar-refractivity contribution in [2.45, 2.75) is 31.8 Å². The Bertz CT molecular complexity index is 1170. The molecule has 1 fully saturated rings. The van der Waals surface area contributed by atoms with E-state index in [1.54, 1.807) is 18.3 Å². The van der Waals surface area contributed by atoms with Crippen molar-refractivity contribution in [2.24, 2.45) is 0 Å². The van der Waals surface area contributed by atoms with Gasteiger partial charge in [-0.05, 0) is 44.0 Å². The summed E-state index contributed by atoms with van der Waals surface area (Å²) in [7, 11) is 0. The molecule has 170 valence electrons. The van der Waals surface area contributed by atoms with Crippen LogP contribution in [0.2, 0.25) is 0 Å². The molecule has 1 saturated heterocycles. The number of amides is 2. The van der Waals surface area contributed by atoms with Gasteiger partial charge in [0, 0.05) is 12.2 Å². The first kappa shape index (κ1) is 21.6. The number of aromatic nitrogens is 1. The highest BCUT2D eigenvalue weighted by Crippen LogP contribution is 2.37. The summed E-state index contributed by atoms with van der Waals surface area (Å²) in [6.07, 6.45) is 2.03. The van der Waals surface area contributed by atoms with Crippen molar-refractivity contribution in [3.05, 3.63) is 76.4 Å². The third kappa shape index (κ3) is 4.36. The highest BCUT2D eigenvalue weighted by atomic mass is 32.1. The Morgan fingerprint density at radius 3 is 2.76 bits per heavy atom. The van der Waals surface area contributed by atoms with E-state index < -0.39 is 12.0 Å². The van der Waals surface area contributed by atoms with Gasteiger partial charge in [-0.1, -0.05) is 42.5 Å². The minimum Gasteiger partial charge on any atom is -0.463 e. The number of esters is 1. The number of hydrogen-bond acceptors (Lipinski definition) is 6. The topological polar surface area (TPSA) is 83.6 Å². The lowest BCUT2D eigenvalue weighted by atomic mass is 9.95. The number of fused-ring (bicyclic) bond motifs is 1. The van der Waals surface area contributed by atoms with Crippen LogP contribution < -0.4 is 10.6 Å². The predicted octanol–water partition coefficient (Wildman–Crippen LogP) is 4.30. The van der Waals surface area contributed by atoms with Crippen LogP contribution in [0.15, 0.2) is 65.9 Å². The van der Waals surface area contributed by atoms with Crippen molar-refractivity contribution in [3.63, 3.8) is 0 Å². The maximum atomic E-state index is 13.0. The zero-order chi connectivity index (χ0) is 22.8. The lowest BCUT2D eigenvalue weighted by molar-refractivity contribution is -0.139. The molecule has 2 aliphatic heterocycles. The molecule has 33 heavy (non-hydrogen) atoms. The normalized spacial score (nSPS) is 21.2. The first-order valence-corrected chi connectivity index (χ1v) is 12.1. The van der Waals surface area contributed by atoms with Crippen LogP contribution in [0, 0.1) is 0 Å². The molecule has 2 amide bonds. The van der Waals surface area contributed by atoms with E-state index in [9.17, 15) is 9.59 Å². The Labute approximate surface area is 196 Å². The van der Waals surface area contributed by atoms with Gasteiger partial charge in [0.15, 0.2) is 0 Å². The second kappa shape index (κ2) is 9.33. The average molecular weight is 463 g/mol. The highest BCUT2D eigenvalue weighted by Gasteiger charge is 2.36. The fraction of sp³-hybridized carbons (Fsp3) is 0.320. The maximum absolute atomic E-state index is 13.0.